The molecule has 1 heterocycles. The van der Waals surface area contributed by atoms with E-state index in [1.54, 1.807) is 30.3 Å². The maximum atomic E-state index is 13.9. The van der Waals surface area contributed by atoms with Crippen LogP contribution in [0.4, 0.5) is 4.39 Å². The van der Waals surface area contributed by atoms with Crippen LogP contribution in [0.5, 0.6) is 0 Å². The fraction of sp³-hybridized carbons (Fsp3) is 0.200. The molecule has 2 aromatic carbocycles. The first-order valence-electron chi connectivity index (χ1n) is 8.62. The van der Waals surface area contributed by atoms with Crippen LogP contribution in [0.25, 0.3) is 16.6 Å². The normalized spacial score (nSPS) is 9.86. The summed E-state index contributed by atoms with van der Waals surface area (Å²) in [7, 11) is 1.19. The van der Waals surface area contributed by atoms with Crippen molar-refractivity contribution in [2.24, 2.45) is 5.11 Å². The number of halogens is 1. The molecule has 0 aliphatic heterocycles. The van der Waals surface area contributed by atoms with E-state index in [0.29, 0.717) is 5.69 Å². The standard InChI is InChI=1S/C18H14FN4O3.C2H6/c1-26-18(25)16-14(10-21-22-20)17(24)13-8-7-11(19)9-15(13)23(16)12-5-3-2-4-6-12;1-2/h2-9,20H,10H2,1H3;1-2H3/q+1;. The minimum Gasteiger partial charge on any atom is -0.464 e. The van der Waals surface area contributed by atoms with Crippen LogP contribution >= 0.6 is 0 Å². The Balaban J connectivity index is 0.00000136. The average molecular weight is 383 g/mol. The summed E-state index contributed by atoms with van der Waals surface area (Å²) in [6.45, 7) is 3.73. The van der Waals surface area contributed by atoms with Gasteiger partial charge in [0, 0.05) is 11.1 Å². The van der Waals surface area contributed by atoms with Gasteiger partial charge < -0.3 is 9.30 Å². The number of benzene rings is 2. The lowest BCUT2D eigenvalue weighted by molar-refractivity contribution is 0.0589. The maximum Gasteiger partial charge on any atom is 0.355 e. The van der Waals surface area contributed by atoms with Gasteiger partial charge in [-0.25, -0.2) is 9.18 Å². The first-order chi connectivity index (χ1) is 13.6. The van der Waals surface area contributed by atoms with Gasteiger partial charge in [0.2, 0.25) is 4.91 Å². The van der Waals surface area contributed by atoms with E-state index in [2.05, 4.69) is 10.0 Å². The van der Waals surface area contributed by atoms with Gasteiger partial charge in [-0.15, -0.1) is 0 Å². The largest absolute Gasteiger partial charge is 0.464 e. The van der Waals surface area contributed by atoms with Gasteiger partial charge in [0.05, 0.1) is 18.2 Å². The van der Waals surface area contributed by atoms with Gasteiger partial charge in [0.1, 0.15) is 22.2 Å². The molecule has 28 heavy (non-hydrogen) atoms. The molecule has 0 atom stereocenters. The fourth-order valence-electron chi connectivity index (χ4n) is 2.82. The summed E-state index contributed by atoms with van der Waals surface area (Å²) < 4.78 is 20.2. The van der Waals surface area contributed by atoms with Gasteiger partial charge in [0.15, 0.2) is 12.0 Å². The highest BCUT2D eigenvalue weighted by atomic mass is 19.1. The van der Waals surface area contributed by atoms with Crippen molar-refractivity contribution >= 4 is 16.9 Å². The van der Waals surface area contributed by atoms with E-state index in [0.717, 1.165) is 0 Å². The van der Waals surface area contributed by atoms with Crippen LogP contribution in [0.2, 0.25) is 0 Å². The molecule has 0 aliphatic rings. The van der Waals surface area contributed by atoms with Crippen LogP contribution < -0.4 is 10.3 Å². The molecule has 8 heteroatoms. The third kappa shape index (κ3) is 3.87. The lowest BCUT2D eigenvalue weighted by atomic mass is 10.1. The predicted molar refractivity (Wildman–Crippen MR) is 103 cm³/mol. The second kappa shape index (κ2) is 9.34. The first-order valence-corrected chi connectivity index (χ1v) is 8.62. The number of hydrogen-bond donors (Lipinski definition) is 1. The number of ether oxygens (including phenoxy) is 1. The van der Waals surface area contributed by atoms with Crippen LogP contribution in [0.1, 0.15) is 29.9 Å². The highest BCUT2D eigenvalue weighted by Crippen LogP contribution is 2.24. The summed E-state index contributed by atoms with van der Waals surface area (Å²) in [4.78, 5) is 28.3. The lowest BCUT2D eigenvalue weighted by Gasteiger charge is -2.18. The van der Waals surface area contributed by atoms with Crippen LogP contribution in [0.3, 0.4) is 0 Å². The van der Waals surface area contributed by atoms with E-state index in [-0.39, 0.29) is 28.7 Å². The first kappa shape index (κ1) is 20.7. The van der Waals surface area contributed by atoms with Crippen molar-refractivity contribution < 1.29 is 13.9 Å². The summed E-state index contributed by atoms with van der Waals surface area (Å²) in [5, 5.41) is 3.76. The second-order valence-electron chi connectivity index (χ2n) is 5.38. The van der Waals surface area contributed by atoms with E-state index in [1.165, 1.54) is 29.9 Å². The van der Waals surface area contributed by atoms with E-state index in [9.17, 15) is 14.0 Å². The Bertz CT molecular complexity index is 1100. The van der Waals surface area contributed by atoms with Gasteiger partial charge in [-0.2, -0.15) is 0 Å². The number of carbonyl (C=O) groups excluding carboxylic acids is 1. The Kier molecular flexibility index (Phi) is 6.90. The van der Waals surface area contributed by atoms with Crippen molar-refractivity contribution in [1.29, 1.82) is 5.53 Å². The summed E-state index contributed by atoms with van der Waals surface area (Å²) >= 11 is 0. The van der Waals surface area contributed by atoms with Gasteiger partial charge in [0.25, 0.3) is 0 Å². The molecule has 0 radical (unpaired) electrons. The minimum atomic E-state index is -0.771. The number of nitrogens with zero attached hydrogens (tertiary/aromatic N) is 3. The monoisotopic (exact) mass is 383 g/mol. The number of methoxy groups -OCH3 is 1. The van der Waals surface area contributed by atoms with Gasteiger partial charge >= 0.3 is 5.97 Å². The van der Waals surface area contributed by atoms with Crippen molar-refractivity contribution in [1.82, 2.24) is 9.48 Å². The summed E-state index contributed by atoms with van der Waals surface area (Å²) in [6, 6.07) is 12.5. The molecule has 0 spiro atoms. The van der Waals surface area contributed by atoms with Gasteiger partial charge in [-0.05, 0) is 30.3 Å². The van der Waals surface area contributed by atoms with Crippen molar-refractivity contribution in [3.63, 3.8) is 0 Å². The number of nitrogens with one attached hydrogen (secondary N) is 1. The number of pyridine rings is 1. The molecule has 7 nitrogen and oxygen atoms in total. The quantitative estimate of drug-likeness (QED) is 0.419. The maximum absolute atomic E-state index is 13.9. The zero-order valence-corrected chi connectivity index (χ0v) is 15.8. The van der Waals surface area contributed by atoms with Gasteiger partial charge in [-0.3, -0.25) is 4.79 Å². The highest BCUT2D eigenvalue weighted by molar-refractivity contribution is 5.95. The Hall–Kier alpha value is -3.64. The molecule has 3 rings (SSSR count). The van der Waals surface area contributed by atoms with Crippen molar-refractivity contribution in [2.75, 3.05) is 7.11 Å². The number of hydrogen-bond acceptors (Lipinski definition) is 5. The molecule has 0 saturated carbocycles. The topological polar surface area (TPSA) is 98.6 Å². The molecule has 0 aliphatic carbocycles. The number of esters is 1. The Morgan fingerprint density at radius 3 is 2.50 bits per heavy atom. The molecule has 0 amide bonds. The lowest BCUT2D eigenvalue weighted by Crippen LogP contribution is -2.24. The fourth-order valence-corrected chi connectivity index (χ4v) is 2.82. The van der Waals surface area contributed by atoms with Crippen LogP contribution in [0, 0.1) is 11.3 Å². The number of aromatic nitrogens is 1. The summed E-state index contributed by atoms with van der Waals surface area (Å²) in [5.74, 6) is -1.32. The van der Waals surface area contributed by atoms with E-state index in [1.807, 2.05) is 13.8 Å². The molecular weight excluding hydrogens is 363 g/mol. The molecule has 0 saturated heterocycles. The summed E-state index contributed by atoms with van der Waals surface area (Å²) in [6.07, 6.45) is 0. The Labute approximate surface area is 160 Å². The third-order valence-corrected chi connectivity index (χ3v) is 3.92. The second-order valence-corrected chi connectivity index (χ2v) is 5.38. The minimum absolute atomic E-state index is 0.0239. The van der Waals surface area contributed by atoms with Crippen LogP contribution in [-0.2, 0) is 11.3 Å². The number of para-hydroxylation sites is 1. The molecule has 1 N–H and O–H groups in total. The Morgan fingerprint density at radius 1 is 1.21 bits per heavy atom. The Morgan fingerprint density at radius 2 is 1.89 bits per heavy atom. The average Bonchev–Trinajstić information content (AvgIpc) is 2.74. The van der Waals surface area contributed by atoms with E-state index in [4.69, 9.17) is 10.3 Å². The molecule has 0 bridgehead atoms. The summed E-state index contributed by atoms with van der Waals surface area (Å²) in [5.41, 5.74) is 7.08. The molecule has 0 fully saturated rings. The molecule has 3 aromatic rings. The number of fused-ring (bicyclic) bond motifs is 1. The zero-order chi connectivity index (χ0) is 20.7. The highest BCUT2D eigenvalue weighted by Gasteiger charge is 2.25. The third-order valence-electron chi connectivity index (χ3n) is 3.92. The molecular formula is C20H20FN4O3+. The van der Waals surface area contributed by atoms with Crippen molar-refractivity contribution in [3.8, 4) is 5.69 Å². The molecule has 144 valence electrons. The SMILES string of the molecule is CC.COC(=O)c1c(CN=[N+]=N)c(=O)c2ccc(F)cc2n1-c1ccccc1. The van der Waals surface area contributed by atoms with Gasteiger partial charge in [-0.1, -0.05) is 32.0 Å². The number of rotatable bonds is 4. The van der Waals surface area contributed by atoms with Crippen molar-refractivity contribution in [2.45, 2.75) is 20.4 Å². The molecule has 0 unspecified atom stereocenters. The molecule has 1 aromatic heterocycles. The van der Waals surface area contributed by atoms with Crippen molar-refractivity contribution in [3.05, 3.63) is 75.8 Å². The van der Waals surface area contributed by atoms with Crippen LogP contribution in [0.15, 0.2) is 58.4 Å². The van der Waals surface area contributed by atoms with E-state index < -0.39 is 17.2 Å². The predicted octanol–water partition coefficient (Wildman–Crippen LogP) is 3.99. The van der Waals surface area contributed by atoms with E-state index >= 15 is 0 Å². The van der Waals surface area contributed by atoms with Crippen LogP contribution in [-0.4, -0.2) is 17.6 Å². The smallest absolute Gasteiger partial charge is 0.355 e. The number of carbonyl (C=O) groups is 1. The zero-order valence-electron chi connectivity index (χ0n) is 15.8.